The monoisotopic (exact) mass is 559 g/mol. The van der Waals surface area contributed by atoms with E-state index < -0.39 is 54.7 Å². The van der Waals surface area contributed by atoms with E-state index in [4.69, 9.17) is 51.1 Å². The first-order valence-corrected chi connectivity index (χ1v) is 11.9. The standard InChI is InChI=1S/C22H17Cl4N3O6/c1-27-19(33)28-6-5-10-12(29(28)20(27)34)8-21(25)17(31)15(23)16(24)18(32)22(21,26)14(10)11-7-9(35-2)3-4-13(11)30/h3-5,7,12,14,30H,6,8H2,1-2H3/t12-,14-,21-,22+/m1/s1. The van der Waals surface area contributed by atoms with Gasteiger partial charge in [-0.25, -0.2) is 23.5 Å². The van der Waals surface area contributed by atoms with E-state index in [1.807, 2.05) is 0 Å². The zero-order valence-corrected chi connectivity index (χ0v) is 21.2. The second kappa shape index (κ2) is 7.77. The molecule has 1 saturated carbocycles. The summed E-state index contributed by atoms with van der Waals surface area (Å²) >= 11 is 26.3. The van der Waals surface area contributed by atoms with Gasteiger partial charge in [0.15, 0.2) is 11.6 Å². The van der Waals surface area contributed by atoms with Gasteiger partial charge in [-0.1, -0.05) is 29.3 Å². The molecule has 4 atom stereocenters. The molecule has 1 fully saturated rings. The third kappa shape index (κ3) is 2.89. The molecule has 35 heavy (non-hydrogen) atoms. The zero-order chi connectivity index (χ0) is 25.6. The molecule has 0 radical (unpaired) electrons. The number of aromatic hydroxyl groups is 1. The molecule has 0 saturated heterocycles. The Morgan fingerprint density at radius 1 is 1.06 bits per heavy atom. The number of benzene rings is 1. The average Bonchev–Trinajstić information content (AvgIpc) is 3.06. The van der Waals surface area contributed by atoms with Crippen LogP contribution in [-0.2, 0) is 23.2 Å². The van der Waals surface area contributed by atoms with Crippen molar-refractivity contribution in [3.63, 3.8) is 0 Å². The Hall–Kier alpha value is -2.46. The molecular formula is C22H17Cl4N3O6. The number of phenols is 1. The SMILES string of the molecule is COc1ccc(O)c([C@H]2C3=CCn4c(=O)n(C)c(=O)n4[C@@H]3C[C@@]3(Cl)C(=O)C(Cl)=C(Cl)C(=O)[C@@]23Cl)c1. The fraction of sp³-hybridized carbons (Fsp3) is 0.364. The lowest BCUT2D eigenvalue weighted by Crippen LogP contribution is -2.67. The summed E-state index contributed by atoms with van der Waals surface area (Å²) in [5.41, 5.74) is -0.667. The predicted molar refractivity (Wildman–Crippen MR) is 129 cm³/mol. The van der Waals surface area contributed by atoms with E-state index in [0.29, 0.717) is 11.3 Å². The van der Waals surface area contributed by atoms with E-state index in [1.165, 1.54) is 41.7 Å². The number of nitrogens with zero attached hydrogens (tertiary/aromatic N) is 3. The number of halogens is 4. The molecule has 0 bridgehead atoms. The molecule has 13 heteroatoms. The minimum absolute atomic E-state index is 0.0172. The first-order valence-electron chi connectivity index (χ1n) is 10.4. The van der Waals surface area contributed by atoms with Crippen LogP contribution in [0.2, 0.25) is 0 Å². The molecule has 1 aromatic heterocycles. The van der Waals surface area contributed by atoms with Crippen LogP contribution in [0.4, 0.5) is 0 Å². The molecule has 0 unspecified atom stereocenters. The number of fused-ring (bicyclic) bond motifs is 4. The van der Waals surface area contributed by atoms with Gasteiger partial charge in [-0.2, -0.15) is 0 Å². The lowest BCUT2D eigenvalue weighted by Gasteiger charge is -2.54. The normalized spacial score (nSPS) is 29.9. The minimum Gasteiger partial charge on any atom is -0.508 e. The lowest BCUT2D eigenvalue weighted by molar-refractivity contribution is -0.128. The van der Waals surface area contributed by atoms with Gasteiger partial charge in [0.25, 0.3) is 0 Å². The van der Waals surface area contributed by atoms with Gasteiger partial charge < -0.3 is 9.84 Å². The van der Waals surface area contributed by atoms with Crippen LogP contribution in [0.25, 0.3) is 0 Å². The fourth-order valence-corrected chi connectivity index (χ4v) is 6.83. The molecule has 0 amide bonds. The van der Waals surface area contributed by atoms with Crippen LogP contribution in [0, 0.1) is 0 Å². The van der Waals surface area contributed by atoms with Gasteiger partial charge in [-0.15, -0.1) is 23.2 Å². The summed E-state index contributed by atoms with van der Waals surface area (Å²) in [6.45, 7) is -0.0172. The highest BCUT2D eigenvalue weighted by Crippen LogP contribution is 2.64. The summed E-state index contributed by atoms with van der Waals surface area (Å²) in [5, 5.41) is 9.71. The van der Waals surface area contributed by atoms with E-state index in [0.717, 1.165) is 4.57 Å². The smallest absolute Gasteiger partial charge is 0.347 e. The van der Waals surface area contributed by atoms with Crippen molar-refractivity contribution in [2.45, 2.75) is 34.7 Å². The van der Waals surface area contributed by atoms with Crippen molar-refractivity contribution in [2.75, 3.05) is 7.11 Å². The van der Waals surface area contributed by atoms with Crippen LogP contribution < -0.4 is 16.1 Å². The molecule has 1 N–H and O–H groups in total. The van der Waals surface area contributed by atoms with Crippen molar-refractivity contribution in [3.8, 4) is 11.5 Å². The Morgan fingerprint density at radius 2 is 1.71 bits per heavy atom. The van der Waals surface area contributed by atoms with Gasteiger partial charge in [-0.3, -0.25) is 9.59 Å². The molecule has 3 aliphatic rings. The van der Waals surface area contributed by atoms with Crippen LogP contribution in [-0.4, -0.2) is 47.5 Å². The summed E-state index contributed by atoms with van der Waals surface area (Å²) < 4.78 is 8.62. The summed E-state index contributed by atoms with van der Waals surface area (Å²) in [6.07, 6.45) is 1.31. The third-order valence-electron chi connectivity index (χ3n) is 7.04. The van der Waals surface area contributed by atoms with E-state index in [9.17, 15) is 24.3 Å². The Kier molecular flexibility index (Phi) is 5.38. The van der Waals surface area contributed by atoms with E-state index in [2.05, 4.69) is 0 Å². The second-order valence-electron chi connectivity index (χ2n) is 8.63. The Morgan fingerprint density at radius 3 is 2.37 bits per heavy atom. The Labute approximate surface area is 217 Å². The number of allylic oxidation sites excluding steroid dienone is 4. The maximum absolute atomic E-state index is 13.6. The van der Waals surface area contributed by atoms with Crippen LogP contribution in [0.15, 0.2) is 49.5 Å². The van der Waals surface area contributed by atoms with Crippen molar-refractivity contribution >= 4 is 58.0 Å². The number of carbonyl (C=O) groups excluding carboxylic acids is 2. The largest absolute Gasteiger partial charge is 0.508 e. The van der Waals surface area contributed by atoms with E-state index in [1.54, 1.807) is 6.08 Å². The lowest BCUT2D eigenvalue weighted by atomic mass is 9.59. The van der Waals surface area contributed by atoms with Crippen molar-refractivity contribution in [1.29, 1.82) is 0 Å². The number of ether oxygens (including phenoxy) is 1. The number of hydrogen-bond donors (Lipinski definition) is 1. The molecular weight excluding hydrogens is 544 g/mol. The van der Waals surface area contributed by atoms with Crippen molar-refractivity contribution in [3.05, 3.63) is 66.4 Å². The first-order chi connectivity index (χ1) is 16.4. The minimum atomic E-state index is -2.21. The molecule has 1 aliphatic heterocycles. The molecule has 0 spiro atoms. The molecule has 2 heterocycles. The predicted octanol–water partition coefficient (Wildman–Crippen LogP) is 2.53. The Bertz CT molecular complexity index is 1520. The summed E-state index contributed by atoms with van der Waals surface area (Å²) in [6, 6.07) is 3.36. The number of carbonyl (C=O) groups is 2. The highest BCUT2D eigenvalue weighted by Gasteiger charge is 2.71. The molecule has 1 aromatic carbocycles. The number of Topliss-reactive ketones (excluding diaryl/α,β-unsaturated/α-hetero) is 2. The molecule has 2 aliphatic carbocycles. The highest BCUT2D eigenvalue weighted by molar-refractivity contribution is 6.66. The summed E-state index contributed by atoms with van der Waals surface area (Å²) in [4.78, 5) is 48.4. The maximum Gasteiger partial charge on any atom is 0.347 e. The van der Waals surface area contributed by atoms with E-state index in [-0.39, 0.29) is 24.3 Å². The number of aromatic nitrogens is 3. The summed E-state index contributed by atoms with van der Waals surface area (Å²) in [7, 11) is 2.74. The number of methoxy groups -OCH3 is 1. The van der Waals surface area contributed by atoms with Crippen molar-refractivity contribution in [1.82, 2.24) is 13.9 Å². The van der Waals surface area contributed by atoms with Gasteiger partial charge in [0, 0.05) is 24.9 Å². The van der Waals surface area contributed by atoms with Gasteiger partial charge in [0.1, 0.15) is 31.3 Å². The highest BCUT2D eigenvalue weighted by atomic mass is 35.5. The van der Waals surface area contributed by atoms with Gasteiger partial charge >= 0.3 is 11.4 Å². The van der Waals surface area contributed by atoms with E-state index >= 15 is 0 Å². The maximum atomic E-state index is 13.6. The first kappa shape index (κ1) is 24.2. The van der Waals surface area contributed by atoms with Crippen LogP contribution in [0.1, 0.15) is 23.9 Å². The quantitative estimate of drug-likeness (QED) is 0.446. The van der Waals surface area contributed by atoms with Crippen LogP contribution >= 0.6 is 46.4 Å². The van der Waals surface area contributed by atoms with Gasteiger partial charge in [0.2, 0.25) is 0 Å². The average molecular weight is 561 g/mol. The van der Waals surface area contributed by atoms with Gasteiger partial charge in [0.05, 0.1) is 19.7 Å². The van der Waals surface area contributed by atoms with Crippen molar-refractivity contribution in [2.24, 2.45) is 7.05 Å². The molecule has 9 nitrogen and oxygen atoms in total. The number of hydrogen-bond acceptors (Lipinski definition) is 6. The van der Waals surface area contributed by atoms with Crippen molar-refractivity contribution < 1.29 is 19.4 Å². The fourth-order valence-electron chi connectivity index (χ4n) is 5.32. The number of alkyl halides is 2. The van der Waals surface area contributed by atoms with Crippen LogP contribution in [0.5, 0.6) is 11.5 Å². The number of phenolic OH excluding ortho intramolecular Hbond substituents is 1. The number of ketones is 2. The Balaban J connectivity index is 1.88. The molecule has 2 aromatic rings. The van der Waals surface area contributed by atoms with Crippen LogP contribution in [0.3, 0.4) is 0 Å². The summed E-state index contributed by atoms with van der Waals surface area (Å²) in [5.74, 6) is -2.94. The number of rotatable bonds is 2. The van der Waals surface area contributed by atoms with Gasteiger partial charge in [-0.05, 0) is 23.8 Å². The topological polar surface area (TPSA) is 113 Å². The molecule has 184 valence electrons. The molecule has 5 rings (SSSR count). The zero-order valence-electron chi connectivity index (χ0n) is 18.2. The second-order valence-corrected chi connectivity index (χ2v) is 10.6. The third-order valence-corrected chi connectivity index (χ3v) is 9.29.